The Balaban J connectivity index is 3.85. The molecule has 0 saturated heterocycles. The van der Waals surface area contributed by atoms with E-state index < -0.39 is 18.0 Å². The summed E-state index contributed by atoms with van der Waals surface area (Å²) in [6, 6.07) is -1.21. The Bertz CT molecular complexity index is 260. The van der Waals surface area contributed by atoms with Gasteiger partial charge in [0.15, 0.2) is 0 Å². The highest BCUT2D eigenvalue weighted by molar-refractivity contribution is 7.99. The third-order valence-electron chi connectivity index (χ3n) is 2.27. The van der Waals surface area contributed by atoms with E-state index in [9.17, 15) is 9.59 Å². The van der Waals surface area contributed by atoms with Gasteiger partial charge in [0.1, 0.15) is 6.04 Å². The van der Waals surface area contributed by atoms with E-state index in [0.29, 0.717) is 13.0 Å². The molecule has 0 aliphatic heterocycles. The summed E-state index contributed by atoms with van der Waals surface area (Å²) in [7, 11) is 0. The van der Waals surface area contributed by atoms with E-state index in [0.717, 1.165) is 17.9 Å². The minimum absolute atomic E-state index is 0.229. The van der Waals surface area contributed by atoms with Gasteiger partial charge in [-0.1, -0.05) is 20.8 Å². The molecule has 0 bridgehead atoms. The maximum absolute atomic E-state index is 11.5. The summed E-state index contributed by atoms with van der Waals surface area (Å²) in [4.78, 5) is 22.4. The first-order valence-corrected chi connectivity index (χ1v) is 7.47. The summed E-state index contributed by atoms with van der Waals surface area (Å²) in [6.45, 7) is 6.52. The SMILES string of the molecule is CCSCCCNC(=O)N[C@H](CC(C)C)C(=O)O. The number of amides is 2. The number of carbonyl (C=O) groups excluding carboxylic acids is 1. The number of nitrogens with one attached hydrogen (secondary N) is 2. The van der Waals surface area contributed by atoms with E-state index in [1.165, 1.54) is 0 Å². The third-order valence-corrected chi connectivity index (χ3v) is 3.25. The molecule has 6 heteroatoms. The van der Waals surface area contributed by atoms with Crippen LogP contribution in [-0.2, 0) is 4.79 Å². The average Bonchev–Trinajstić information content (AvgIpc) is 2.27. The van der Waals surface area contributed by atoms with Crippen LogP contribution in [0.5, 0.6) is 0 Å². The molecular weight excluding hydrogens is 252 g/mol. The van der Waals surface area contributed by atoms with Gasteiger partial charge in [-0.15, -0.1) is 0 Å². The molecule has 5 nitrogen and oxygen atoms in total. The van der Waals surface area contributed by atoms with Gasteiger partial charge in [-0.2, -0.15) is 11.8 Å². The van der Waals surface area contributed by atoms with Crippen LogP contribution in [0.15, 0.2) is 0 Å². The van der Waals surface area contributed by atoms with Crippen molar-refractivity contribution in [3.8, 4) is 0 Å². The topological polar surface area (TPSA) is 78.4 Å². The zero-order valence-electron chi connectivity index (χ0n) is 11.4. The van der Waals surface area contributed by atoms with Crippen molar-refractivity contribution in [2.24, 2.45) is 5.92 Å². The zero-order valence-corrected chi connectivity index (χ0v) is 12.2. The van der Waals surface area contributed by atoms with Gasteiger partial charge < -0.3 is 15.7 Å². The van der Waals surface area contributed by atoms with Crippen molar-refractivity contribution in [1.82, 2.24) is 10.6 Å². The number of hydrogen-bond acceptors (Lipinski definition) is 3. The van der Waals surface area contributed by atoms with Crippen LogP contribution >= 0.6 is 11.8 Å². The molecule has 2 amide bonds. The van der Waals surface area contributed by atoms with Gasteiger partial charge in [-0.05, 0) is 30.3 Å². The quantitative estimate of drug-likeness (QED) is 0.562. The third kappa shape index (κ3) is 9.15. The predicted octanol–water partition coefficient (Wildman–Crippen LogP) is 1.93. The van der Waals surface area contributed by atoms with Crippen molar-refractivity contribution in [2.75, 3.05) is 18.1 Å². The van der Waals surface area contributed by atoms with Crippen molar-refractivity contribution in [3.63, 3.8) is 0 Å². The molecule has 0 aromatic rings. The van der Waals surface area contributed by atoms with Gasteiger partial charge in [0.05, 0.1) is 0 Å². The number of carboxylic acids is 1. The molecule has 0 fully saturated rings. The van der Waals surface area contributed by atoms with Gasteiger partial charge in [-0.25, -0.2) is 9.59 Å². The first-order valence-electron chi connectivity index (χ1n) is 6.32. The number of urea groups is 1. The summed E-state index contributed by atoms with van der Waals surface area (Å²) in [5.74, 6) is 1.32. The average molecular weight is 276 g/mol. The van der Waals surface area contributed by atoms with E-state index in [-0.39, 0.29) is 5.92 Å². The molecule has 0 spiro atoms. The van der Waals surface area contributed by atoms with Crippen molar-refractivity contribution in [1.29, 1.82) is 0 Å². The summed E-state index contributed by atoms with van der Waals surface area (Å²) in [5, 5.41) is 14.1. The molecule has 0 aromatic heterocycles. The summed E-state index contributed by atoms with van der Waals surface area (Å²) in [5.41, 5.74) is 0. The summed E-state index contributed by atoms with van der Waals surface area (Å²) >= 11 is 1.82. The molecule has 18 heavy (non-hydrogen) atoms. The molecule has 0 radical (unpaired) electrons. The van der Waals surface area contributed by atoms with Crippen LogP contribution in [0.3, 0.4) is 0 Å². The van der Waals surface area contributed by atoms with E-state index in [2.05, 4.69) is 17.6 Å². The van der Waals surface area contributed by atoms with Crippen LogP contribution in [-0.4, -0.2) is 41.2 Å². The molecule has 0 saturated carbocycles. The highest BCUT2D eigenvalue weighted by atomic mass is 32.2. The lowest BCUT2D eigenvalue weighted by molar-refractivity contribution is -0.139. The van der Waals surface area contributed by atoms with Gasteiger partial charge in [-0.3, -0.25) is 0 Å². The molecule has 0 aliphatic rings. The Kier molecular flexibility index (Phi) is 9.55. The normalized spacial score (nSPS) is 12.2. The Hall–Kier alpha value is -0.910. The molecule has 106 valence electrons. The smallest absolute Gasteiger partial charge is 0.326 e. The molecule has 0 heterocycles. The number of hydrogen-bond donors (Lipinski definition) is 3. The first kappa shape index (κ1) is 17.1. The standard InChI is InChI=1S/C12H24N2O3S/c1-4-18-7-5-6-13-12(17)14-10(11(15)16)8-9(2)3/h9-10H,4-8H2,1-3H3,(H,15,16)(H2,13,14,17)/t10-/m1/s1. The summed E-state index contributed by atoms with van der Waals surface area (Å²) < 4.78 is 0. The molecule has 3 N–H and O–H groups in total. The molecule has 1 atom stereocenters. The number of carbonyl (C=O) groups is 2. The molecular formula is C12H24N2O3S. The van der Waals surface area contributed by atoms with Crippen LogP contribution in [0.1, 0.15) is 33.6 Å². The van der Waals surface area contributed by atoms with Crippen LogP contribution in [0, 0.1) is 5.92 Å². The van der Waals surface area contributed by atoms with E-state index >= 15 is 0 Å². The fourth-order valence-corrected chi connectivity index (χ4v) is 2.06. The van der Waals surface area contributed by atoms with Crippen LogP contribution < -0.4 is 10.6 Å². The number of rotatable bonds is 9. The van der Waals surface area contributed by atoms with Crippen LogP contribution in [0.2, 0.25) is 0 Å². The highest BCUT2D eigenvalue weighted by Gasteiger charge is 2.20. The van der Waals surface area contributed by atoms with Crippen LogP contribution in [0.4, 0.5) is 4.79 Å². The van der Waals surface area contributed by atoms with Crippen molar-refractivity contribution in [2.45, 2.75) is 39.7 Å². The lowest BCUT2D eigenvalue weighted by Crippen LogP contribution is -2.46. The van der Waals surface area contributed by atoms with Gasteiger partial charge in [0.25, 0.3) is 0 Å². The fourth-order valence-electron chi connectivity index (χ4n) is 1.42. The fraction of sp³-hybridized carbons (Fsp3) is 0.833. The molecule has 0 aromatic carbocycles. The molecule has 0 rings (SSSR count). The maximum atomic E-state index is 11.5. The van der Waals surface area contributed by atoms with Crippen molar-refractivity contribution < 1.29 is 14.7 Å². The predicted molar refractivity (Wildman–Crippen MR) is 75.0 cm³/mol. The highest BCUT2D eigenvalue weighted by Crippen LogP contribution is 2.04. The van der Waals surface area contributed by atoms with E-state index in [1.807, 2.05) is 25.6 Å². The minimum atomic E-state index is -0.986. The molecule has 0 unspecified atom stereocenters. The largest absolute Gasteiger partial charge is 0.480 e. The second kappa shape index (κ2) is 10.1. The number of aliphatic carboxylic acids is 1. The lowest BCUT2D eigenvalue weighted by atomic mass is 10.0. The monoisotopic (exact) mass is 276 g/mol. The first-order chi connectivity index (χ1) is 8.47. The van der Waals surface area contributed by atoms with Gasteiger partial charge in [0.2, 0.25) is 0 Å². The van der Waals surface area contributed by atoms with Gasteiger partial charge in [0, 0.05) is 6.54 Å². The minimum Gasteiger partial charge on any atom is -0.480 e. The second-order valence-electron chi connectivity index (χ2n) is 4.47. The molecule has 0 aliphatic carbocycles. The second-order valence-corrected chi connectivity index (χ2v) is 5.86. The van der Waals surface area contributed by atoms with Crippen LogP contribution in [0.25, 0.3) is 0 Å². The zero-order chi connectivity index (χ0) is 14.0. The van der Waals surface area contributed by atoms with E-state index in [1.54, 1.807) is 0 Å². The number of carboxylic acid groups (broad SMARTS) is 1. The van der Waals surface area contributed by atoms with Crippen molar-refractivity contribution >= 4 is 23.8 Å². The lowest BCUT2D eigenvalue weighted by Gasteiger charge is -2.16. The summed E-state index contributed by atoms with van der Waals surface area (Å²) in [6.07, 6.45) is 1.34. The number of thioether (sulfide) groups is 1. The van der Waals surface area contributed by atoms with E-state index in [4.69, 9.17) is 5.11 Å². The Morgan fingerprint density at radius 2 is 2.00 bits per heavy atom. The Morgan fingerprint density at radius 1 is 1.33 bits per heavy atom. The van der Waals surface area contributed by atoms with Crippen molar-refractivity contribution in [3.05, 3.63) is 0 Å². The van der Waals surface area contributed by atoms with Gasteiger partial charge >= 0.3 is 12.0 Å². The Labute approximate surface area is 113 Å². The Morgan fingerprint density at radius 3 is 2.50 bits per heavy atom. The maximum Gasteiger partial charge on any atom is 0.326 e.